The van der Waals surface area contributed by atoms with Crippen LogP contribution in [0.15, 0.2) is 18.6 Å². The number of pyridine rings is 1. The Hall–Kier alpha value is -2.66. The number of ketones is 1. The number of carbonyl (C=O) groups is 3. The third-order valence-corrected chi connectivity index (χ3v) is 8.31. The van der Waals surface area contributed by atoms with Crippen molar-refractivity contribution in [3.63, 3.8) is 0 Å². The van der Waals surface area contributed by atoms with Gasteiger partial charge in [0.1, 0.15) is 0 Å². The molecule has 2 heterocycles. The zero-order chi connectivity index (χ0) is 28.0. The Kier molecular flexibility index (Phi) is 7.82. The lowest BCUT2D eigenvalue weighted by Crippen LogP contribution is -2.56. The molecule has 0 aliphatic heterocycles. The van der Waals surface area contributed by atoms with Crippen LogP contribution in [-0.4, -0.2) is 55.0 Å². The fraction of sp³-hybridized carbons (Fsp3) is 0.560. The number of carboxylic acids is 1. The van der Waals surface area contributed by atoms with Gasteiger partial charge in [0.15, 0.2) is 11.5 Å². The average Bonchev–Trinajstić information content (AvgIpc) is 3.28. The molecule has 1 N–H and O–H groups in total. The molecule has 0 aromatic carbocycles. The number of rotatable bonds is 7. The summed E-state index contributed by atoms with van der Waals surface area (Å²) in [7, 11) is 0. The number of carbonyl (C=O) groups excluding carboxylic acids is 2. The lowest BCUT2D eigenvalue weighted by Gasteiger charge is -2.50. The van der Waals surface area contributed by atoms with Crippen molar-refractivity contribution in [2.45, 2.75) is 70.6 Å². The maximum absolute atomic E-state index is 14.4. The molecule has 38 heavy (non-hydrogen) atoms. The van der Waals surface area contributed by atoms with Crippen molar-refractivity contribution in [2.75, 3.05) is 6.54 Å². The Morgan fingerprint density at radius 1 is 1.08 bits per heavy atom. The number of halogens is 5. The van der Waals surface area contributed by atoms with Crippen molar-refractivity contribution < 1.29 is 32.7 Å². The Bertz CT molecular complexity index is 1240. The van der Waals surface area contributed by atoms with Crippen molar-refractivity contribution in [1.82, 2.24) is 19.7 Å². The molecule has 2 aromatic heterocycles. The van der Waals surface area contributed by atoms with Gasteiger partial charge in [-0.1, -0.05) is 37.0 Å². The summed E-state index contributed by atoms with van der Waals surface area (Å²) >= 11 is 12.2. The average molecular weight is 575 g/mol. The van der Waals surface area contributed by atoms with Crippen molar-refractivity contribution in [3.8, 4) is 0 Å². The summed E-state index contributed by atoms with van der Waals surface area (Å²) in [5, 5.41) is 13.1. The van der Waals surface area contributed by atoms with Crippen LogP contribution in [0.1, 0.15) is 84.8 Å². The molecule has 2 saturated carbocycles. The largest absolute Gasteiger partial charge is 0.481 e. The highest BCUT2D eigenvalue weighted by Crippen LogP contribution is 2.45. The second-order valence-electron chi connectivity index (χ2n) is 10.6. The minimum Gasteiger partial charge on any atom is -0.481 e. The van der Waals surface area contributed by atoms with E-state index in [1.165, 1.54) is 12.4 Å². The summed E-state index contributed by atoms with van der Waals surface area (Å²) in [6.07, 6.45) is 0.477. The van der Waals surface area contributed by atoms with Crippen LogP contribution in [-0.2, 0) is 11.0 Å². The summed E-state index contributed by atoms with van der Waals surface area (Å²) < 4.78 is 43.9. The van der Waals surface area contributed by atoms with Gasteiger partial charge in [0.25, 0.3) is 5.91 Å². The molecule has 206 valence electrons. The number of hydrogen-bond acceptors (Lipinski definition) is 5. The molecule has 0 radical (unpaired) electrons. The molecule has 0 saturated heterocycles. The quantitative estimate of drug-likeness (QED) is 0.410. The molecule has 4 rings (SSSR count). The first-order chi connectivity index (χ1) is 17.7. The van der Waals surface area contributed by atoms with Gasteiger partial charge in [-0.2, -0.15) is 18.3 Å². The van der Waals surface area contributed by atoms with Crippen LogP contribution >= 0.6 is 23.2 Å². The van der Waals surface area contributed by atoms with Gasteiger partial charge in [0.05, 0.1) is 45.9 Å². The highest BCUT2D eigenvalue weighted by atomic mass is 35.5. The summed E-state index contributed by atoms with van der Waals surface area (Å²) in [5.74, 6) is -3.18. The molecule has 2 fully saturated rings. The first-order valence-electron chi connectivity index (χ1n) is 12.2. The van der Waals surface area contributed by atoms with Crippen molar-refractivity contribution in [1.29, 1.82) is 0 Å². The summed E-state index contributed by atoms with van der Waals surface area (Å²) in [4.78, 5) is 43.2. The summed E-state index contributed by atoms with van der Waals surface area (Å²) in [6, 6.07) is -1.19. The number of amides is 1. The van der Waals surface area contributed by atoms with E-state index in [2.05, 4.69) is 10.1 Å². The van der Waals surface area contributed by atoms with Gasteiger partial charge in [-0.3, -0.25) is 24.0 Å². The van der Waals surface area contributed by atoms with Crippen LogP contribution in [0.25, 0.3) is 0 Å². The molecule has 2 aliphatic rings. The van der Waals surface area contributed by atoms with E-state index < -0.39 is 65.1 Å². The number of aromatic nitrogens is 3. The molecular weight excluding hydrogens is 548 g/mol. The van der Waals surface area contributed by atoms with E-state index in [0.29, 0.717) is 6.42 Å². The monoisotopic (exact) mass is 574 g/mol. The molecule has 8 nitrogen and oxygen atoms in total. The first kappa shape index (κ1) is 28.4. The van der Waals surface area contributed by atoms with E-state index in [4.69, 9.17) is 23.2 Å². The number of hydrogen-bond donors (Lipinski definition) is 1. The first-order valence-corrected chi connectivity index (χ1v) is 13.0. The maximum atomic E-state index is 14.4. The molecule has 0 spiro atoms. The van der Waals surface area contributed by atoms with Gasteiger partial charge in [-0.05, 0) is 43.9 Å². The van der Waals surface area contributed by atoms with E-state index in [9.17, 15) is 32.7 Å². The van der Waals surface area contributed by atoms with Gasteiger partial charge in [-0.25, -0.2) is 0 Å². The number of alkyl halides is 3. The van der Waals surface area contributed by atoms with E-state index in [1.54, 1.807) is 0 Å². The Labute approximate surface area is 227 Å². The fourth-order valence-electron chi connectivity index (χ4n) is 5.46. The molecule has 2 aliphatic carbocycles. The van der Waals surface area contributed by atoms with Gasteiger partial charge < -0.3 is 10.0 Å². The highest BCUT2D eigenvalue weighted by molar-refractivity contribution is 6.39. The van der Waals surface area contributed by atoms with E-state index in [1.807, 2.05) is 13.8 Å². The summed E-state index contributed by atoms with van der Waals surface area (Å²) in [6.45, 7) is 3.24. The smallest absolute Gasteiger partial charge is 0.433 e. The van der Waals surface area contributed by atoms with Gasteiger partial charge in [-0.15, -0.1) is 0 Å². The number of Topliss-reactive ketones (excluding diaryl/α,β-unsaturated/α-hetero) is 1. The second kappa shape index (κ2) is 10.5. The lowest BCUT2D eigenvalue weighted by molar-refractivity contribution is -0.147. The molecule has 0 unspecified atom stereocenters. The van der Waals surface area contributed by atoms with Gasteiger partial charge in [0, 0.05) is 18.4 Å². The Balaban J connectivity index is 1.70. The number of aliphatic carboxylic acids is 1. The van der Waals surface area contributed by atoms with E-state index in [-0.39, 0.29) is 41.3 Å². The van der Waals surface area contributed by atoms with Crippen molar-refractivity contribution in [3.05, 3.63) is 45.5 Å². The lowest BCUT2D eigenvalue weighted by atomic mass is 9.66. The Morgan fingerprint density at radius 3 is 2.16 bits per heavy atom. The minimum absolute atomic E-state index is 0.0245. The number of carboxylic acid groups (broad SMARTS) is 1. The van der Waals surface area contributed by atoms with Crippen LogP contribution in [0, 0.1) is 11.3 Å². The zero-order valence-corrected chi connectivity index (χ0v) is 22.3. The number of nitrogens with zero attached hydrogens (tertiary/aromatic N) is 4. The molecule has 13 heteroatoms. The molecule has 0 bridgehead atoms. The molecular formula is C25H27Cl2F3N4O4. The minimum atomic E-state index is -4.91. The SMILES string of the molecule is CC1(C)CC[C@@H]1N(CC(=O)c1c(Cl)cncc1Cl)C(=O)c1cnn([C@H]2CC[C@@H](C(=O)O)CC2)c1C(F)(F)F. The third kappa shape index (κ3) is 5.40. The Morgan fingerprint density at radius 2 is 1.68 bits per heavy atom. The van der Waals surface area contributed by atoms with Crippen LogP contribution < -0.4 is 0 Å². The second-order valence-corrected chi connectivity index (χ2v) is 11.4. The third-order valence-electron chi connectivity index (χ3n) is 7.73. The van der Waals surface area contributed by atoms with Gasteiger partial charge in [0.2, 0.25) is 0 Å². The fourth-order valence-corrected chi connectivity index (χ4v) is 6.04. The summed E-state index contributed by atoms with van der Waals surface area (Å²) in [5.41, 5.74) is -2.33. The zero-order valence-electron chi connectivity index (χ0n) is 20.8. The predicted molar refractivity (Wildman–Crippen MR) is 132 cm³/mol. The van der Waals surface area contributed by atoms with Crippen molar-refractivity contribution >= 4 is 40.9 Å². The van der Waals surface area contributed by atoms with Gasteiger partial charge >= 0.3 is 12.1 Å². The molecule has 1 amide bonds. The van der Waals surface area contributed by atoms with Crippen LogP contribution in [0.2, 0.25) is 10.0 Å². The maximum Gasteiger partial charge on any atom is 0.433 e. The van der Waals surface area contributed by atoms with Crippen LogP contribution in [0.4, 0.5) is 13.2 Å². The normalized spacial score (nSPS) is 23.0. The van der Waals surface area contributed by atoms with E-state index in [0.717, 1.165) is 22.2 Å². The molecule has 2 aromatic rings. The predicted octanol–water partition coefficient (Wildman–Crippen LogP) is 5.93. The molecule has 1 atom stereocenters. The van der Waals surface area contributed by atoms with Crippen molar-refractivity contribution in [2.24, 2.45) is 11.3 Å². The topological polar surface area (TPSA) is 105 Å². The van der Waals surface area contributed by atoms with Crippen LogP contribution in [0.3, 0.4) is 0 Å². The highest BCUT2D eigenvalue weighted by Gasteiger charge is 2.48. The van der Waals surface area contributed by atoms with E-state index >= 15 is 0 Å². The standard InChI is InChI=1S/C25H27Cl2F3N4O4/c1-24(2)8-7-19(24)33(12-18(35)20-16(26)10-31-11-17(20)27)22(36)15-9-32-34(21(15)25(28,29)30)14-5-3-13(4-6-14)23(37)38/h9-11,13-14,19H,3-8,12H2,1-2H3,(H,37,38)/t13-,14+,19-/m0/s1. The van der Waals surface area contributed by atoms with Crippen LogP contribution in [0.5, 0.6) is 0 Å².